The summed E-state index contributed by atoms with van der Waals surface area (Å²) in [5.74, 6) is 0. The second-order valence-corrected chi connectivity index (χ2v) is 5.39. The molecule has 0 saturated carbocycles. The van der Waals surface area contributed by atoms with Crippen molar-refractivity contribution in [2.75, 3.05) is 18.4 Å². The first-order valence-corrected chi connectivity index (χ1v) is 5.91. The fourth-order valence-electron chi connectivity index (χ4n) is 1.17. The predicted octanol–water partition coefficient (Wildman–Crippen LogP) is 2.84. The van der Waals surface area contributed by atoms with Gasteiger partial charge in [0.15, 0.2) is 0 Å². The minimum absolute atomic E-state index is 0.248. The summed E-state index contributed by atoms with van der Waals surface area (Å²) in [5.41, 5.74) is 7.25. The van der Waals surface area contributed by atoms with Crippen LogP contribution in [0.2, 0.25) is 0 Å². The zero-order valence-corrected chi connectivity index (χ0v) is 10.1. The van der Waals surface area contributed by atoms with Crippen LogP contribution in [-0.4, -0.2) is 13.1 Å². The van der Waals surface area contributed by atoms with Gasteiger partial charge >= 0.3 is 0 Å². The molecule has 1 aromatic rings. The van der Waals surface area contributed by atoms with Crippen LogP contribution in [0.1, 0.15) is 25.8 Å². The molecule has 0 amide bonds. The zero-order valence-electron chi connectivity index (χ0n) is 9.26. The highest BCUT2D eigenvalue weighted by Crippen LogP contribution is 2.23. The molecule has 14 heavy (non-hydrogen) atoms. The van der Waals surface area contributed by atoms with E-state index in [0.29, 0.717) is 0 Å². The molecule has 0 aromatic carbocycles. The van der Waals surface area contributed by atoms with Gasteiger partial charge in [-0.2, -0.15) is 0 Å². The highest BCUT2D eigenvalue weighted by atomic mass is 32.1. The van der Waals surface area contributed by atoms with Crippen molar-refractivity contribution in [2.45, 2.75) is 27.2 Å². The number of anilines is 1. The predicted molar refractivity (Wildman–Crippen MR) is 65.0 cm³/mol. The van der Waals surface area contributed by atoms with Gasteiger partial charge in [-0.1, -0.05) is 13.8 Å². The molecule has 0 saturated heterocycles. The largest absolute Gasteiger partial charge is 0.377 e. The van der Waals surface area contributed by atoms with Crippen LogP contribution in [0.15, 0.2) is 11.4 Å². The van der Waals surface area contributed by atoms with Crippen molar-refractivity contribution in [3.8, 4) is 0 Å². The Bertz CT molecular complexity index is 279. The van der Waals surface area contributed by atoms with Gasteiger partial charge in [0.25, 0.3) is 0 Å². The Hall–Kier alpha value is -0.540. The number of hydrogen-bond donors (Lipinski definition) is 2. The third kappa shape index (κ3) is 3.31. The first-order chi connectivity index (χ1) is 6.55. The zero-order chi connectivity index (χ0) is 10.6. The fraction of sp³-hybridized carbons (Fsp3) is 0.636. The summed E-state index contributed by atoms with van der Waals surface area (Å²) in [6, 6.07) is 2.14. The summed E-state index contributed by atoms with van der Waals surface area (Å²) in [6.07, 6.45) is 1.11. The van der Waals surface area contributed by atoms with E-state index in [-0.39, 0.29) is 5.41 Å². The van der Waals surface area contributed by atoms with Crippen LogP contribution in [0, 0.1) is 12.3 Å². The molecule has 0 spiro atoms. The fourth-order valence-corrected chi connectivity index (χ4v) is 2.02. The Morgan fingerprint density at radius 2 is 2.21 bits per heavy atom. The maximum Gasteiger partial charge on any atom is 0.0912 e. The highest BCUT2D eigenvalue weighted by Gasteiger charge is 2.14. The van der Waals surface area contributed by atoms with Gasteiger partial charge in [0.1, 0.15) is 0 Å². The van der Waals surface area contributed by atoms with E-state index in [4.69, 9.17) is 5.73 Å². The normalized spacial score (nSPS) is 11.7. The lowest BCUT2D eigenvalue weighted by molar-refractivity contribution is 0.358. The van der Waals surface area contributed by atoms with Gasteiger partial charge in [-0.25, -0.2) is 0 Å². The quantitative estimate of drug-likeness (QED) is 0.787. The highest BCUT2D eigenvalue weighted by molar-refractivity contribution is 7.14. The molecule has 0 radical (unpaired) electrons. The average molecular weight is 212 g/mol. The first-order valence-electron chi connectivity index (χ1n) is 5.03. The van der Waals surface area contributed by atoms with Crippen LogP contribution in [0.3, 0.4) is 0 Å². The molecule has 1 heterocycles. The number of hydrogen-bond acceptors (Lipinski definition) is 3. The van der Waals surface area contributed by atoms with Crippen LogP contribution in [0.5, 0.6) is 0 Å². The number of thiophene rings is 1. The Kier molecular flexibility index (Phi) is 3.96. The molecule has 1 aromatic heterocycles. The van der Waals surface area contributed by atoms with Crippen molar-refractivity contribution in [3.63, 3.8) is 0 Å². The number of nitrogens with one attached hydrogen (secondary N) is 1. The smallest absolute Gasteiger partial charge is 0.0912 e. The monoisotopic (exact) mass is 212 g/mol. The summed E-state index contributed by atoms with van der Waals surface area (Å²) in [7, 11) is 0. The summed E-state index contributed by atoms with van der Waals surface area (Å²) >= 11 is 1.77. The summed E-state index contributed by atoms with van der Waals surface area (Å²) in [4.78, 5) is 0. The maximum absolute atomic E-state index is 5.67. The minimum Gasteiger partial charge on any atom is -0.377 e. The maximum atomic E-state index is 5.67. The Morgan fingerprint density at radius 3 is 2.71 bits per heavy atom. The third-order valence-corrected chi connectivity index (χ3v) is 3.48. The van der Waals surface area contributed by atoms with E-state index < -0.39 is 0 Å². The summed E-state index contributed by atoms with van der Waals surface area (Å²) < 4.78 is 0. The van der Waals surface area contributed by atoms with Crippen LogP contribution in [0.4, 0.5) is 5.00 Å². The molecule has 0 atom stereocenters. The molecule has 2 nitrogen and oxygen atoms in total. The van der Waals surface area contributed by atoms with Gasteiger partial charge in [0, 0.05) is 6.54 Å². The second-order valence-electron chi connectivity index (χ2n) is 4.48. The third-order valence-electron chi connectivity index (χ3n) is 2.50. The lowest BCUT2D eigenvalue weighted by Crippen LogP contribution is -2.26. The average Bonchev–Trinajstić information content (AvgIpc) is 2.52. The molecule has 0 aliphatic carbocycles. The van der Waals surface area contributed by atoms with E-state index in [1.54, 1.807) is 11.3 Å². The SMILES string of the molecule is Cc1ccsc1NCCC(C)(C)CN. The molecule has 3 heteroatoms. The molecular weight excluding hydrogens is 192 g/mol. The molecular formula is C11H20N2S. The number of rotatable bonds is 5. The minimum atomic E-state index is 0.248. The van der Waals surface area contributed by atoms with Crippen molar-refractivity contribution >= 4 is 16.3 Å². The van der Waals surface area contributed by atoms with Crippen molar-refractivity contribution in [2.24, 2.45) is 11.1 Å². The molecule has 80 valence electrons. The molecule has 1 rings (SSSR count). The van der Waals surface area contributed by atoms with Gasteiger partial charge in [-0.05, 0) is 42.3 Å². The molecule has 0 bridgehead atoms. The Balaban J connectivity index is 2.32. The molecule has 0 unspecified atom stereocenters. The molecule has 3 N–H and O–H groups in total. The summed E-state index contributed by atoms with van der Waals surface area (Å²) in [6.45, 7) is 8.29. The van der Waals surface area contributed by atoms with Crippen molar-refractivity contribution in [1.82, 2.24) is 0 Å². The van der Waals surface area contributed by atoms with Crippen LogP contribution in [-0.2, 0) is 0 Å². The first kappa shape index (κ1) is 11.5. The van der Waals surface area contributed by atoms with Crippen LogP contribution < -0.4 is 11.1 Å². The lowest BCUT2D eigenvalue weighted by atomic mass is 9.90. The van der Waals surface area contributed by atoms with Crippen molar-refractivity contribution in [3.05, 3.63) is 17.0 Å². The van der Waals surface area contributed by atoms with Gasteiger partial charge < -0.3 is 11.1 Å². The summed E-state index contributed by atoms with van der Waals surface area (Å²) in [5, 5.41) is 6.85. The second kappa shape index (κ2) is 4.80. The van der Waals surface area contributed by atoms with E-state index in [0.717, 1.165) is 19.5 Å². The van der Waals surface area contributed by atoms with E-state index in [2.05, 4.69) is 37.5 Å². The molecule has 0 fully saturated rings. The van der Waals surface area contributed by atoms with E-state index in [1.807, 2.05) is 0 Å². The Morgan fingerprint density at radius 1 is 1.50 bits per heavy atom. The topological polar surface area (TPSA) is 38.0 Å². The molecule has 0 aliphatic rings. The van der Waals surface area contributed by atoms with Crippen LogP contribution in [0.25, 0.3) is 0 Å². The van der Waals surface area contributed by atoms with Gasteiger partial charge in [0.05, 0.1) is 5.00 Å². The number of nitrogens with two attached hydrogens (primary N) is 1. The lowest BCUT2D eigenvalue weighted by Gasteiger charge is -2.22. The van der Waals surface area contributed by atoms with Crippen LogP contribution >= 0.6 is 11.3 Å². The molecule has 0 aliphatic heterocycles. The van der Waals surface area contributed by atoms with E-state index in [1.165, 1.54) is 10.6 Å². The van der Waals surface area contributed by atoms with Gasteiger partial charge in [-0.3, -0.25) is 0 Å². The van der Waals surface area contributed by atoms with Crippen molar-refractivity contribution < 1.29 is 0 Å². The van der Waals surface area contributed by atoms with Crippen molar-refractivity contribution in [1.29, 1.82) is 0 Å². The Labute approximate surface area is 90.5 Å². The van der Waals surface area contributed by atoms with E-state index in [9.17, 15) is 0 Å². The van der Waals surface area contributed by atoms with Gasteiger partial charge in [-0.15, -0.1) is 11.3 Å². The van der Waals surface area contributed by atoms with Gasteiger partial charge in [0.2, 0.25) is 0 Å². The van der Waals surface area contributed by atoms with E-state index >= 15 is 0 Å². The number of aryl methyl sites for hydroxylation is 1. The standard InChI is InChI=1S/C11H20N2S/c1-9-4-7-14-10(9)13-6-5-11(2,3)8-12/h4,7,13H,5-6,8,12H2,1-3H3.